The fraction of sp³-hybridized carbons (Fsp3) is 0.375. The molecule has 1 saturated heterocycles. The molecule has 1 amide bonds. The van der Waals surface area contributed by atoms with Gasteiger partial charge in [-0.2, -0.15) is 5.10 Å². The van der Waals surface area contributed by atoms with Gasteiger partial charge in [-0.1, -0.05) is 0 Å². The number of aromatic nitrogens is 4. The second-order valence-electron chi connectivity index (χ2n) is 5.87. The number of aromatic amines is 1. The number of likely N-dealkylation sites (tertiary alicyclic amines) is 1. The molecule has 0 spiro atoms. The van der Waals surface area contributed by atoms with Crippen molar-refractivity contribution in [3.05, 3.63) is 40.0 Å². The van der Waals surface area contributed by atoms with E-state index in [2.05, 4.69) is 20.2 Å². The molecule has 1 aliphatic heterocycles. The first kappa shape index (κ1) is 14.3. The zero-order valence-electron chi connectivity index (χ0n) is 12.8. The molecule has 0 unspecified atom stereocenters. The van der Waals surface area contributed by atoms with Gasteiger partial charge in [0.1, 0.15) is 5.52 Å². The zero-order chi connectivity index (χ0) is 15.8. The number of hydrogen-bond donors (Lipinski definition) is 1. The van der Waals surface area contributed by atoms with Crippen molar-refractivity contribution < 1.29 is 4.79 Å². The Kier molecular flexibility index (Phi) is 3.57. The van der Waals surface area contributed by atoms with Crippen molar-refractivity contribution in [3.63, 3.8) is 0 Å². The largest absolute Gasteiger partial charge is 0.338 e. The molecule has 0 aliphatic carbocycles. The summed E-state index contributed by atoms with van der Waals surface area (Å²) in [4.78, 5) is 24.0. The van der Waals surface area contributed by atoms with E-state index in [-0.39, 0.29) is 5.91 Å². The lowest BCUT2D eigenvalue weighted by molar-refractivity contribution is 0.0716. The SMILES string of the molecule is Cc1ccsc1C(=O)N1CCC(c2[nH]nc3nccnc23)CC1. The van der Waals surface area contributed by atoms with Crippen LogP contribution in [0.25, 0.3) is 11.2 Å². The Bertz CT molecular complexity index is 847. The van der Waals surface area contributed by atoms with Gasteiger partial charge in [0.2, 0.25) is 0 Å². The lowest BCUT2D eigenvalue weighted by Gasteiger charge is -2.31. The second-order valence-corrected chi connectivity index (χ2v) is 6.78. The molecule has 1 aliphatic rings. The van der Waals surface area contributed by atoms with E-state index >= 15 is 0 Å². The van der Waals surface area contributed by atoms with Crippen LogP contribution >= 0.6 is 11.3 Å². The van der Waals surface area contributed by atoms with Crippen molar-refractivity contribution in [1.29, 1.82) is 0 Å². The van der Waals surface area contributed by atoms with Crippen molar-refractivity contribution in [3.8, 4) is 0 Å². The molecule has 0 atom stereocenters. The summed E-state index contributed by atoms with van der Waals surface area (Å²) in [5, 5.41) is 9.29. The molecule has 4 heterocycles. The molecule has 1 fully saturated rings. The minimum atomic E-state index is 0.158. The summed E-state index contributed by atoms with van der Waals surface area (Å²) < 4.78 is 0. The topological polar surface area (TPSA) is 74.8 Å². The van der Waals surface area contributed by atoms with Gasteiger partial charge in [-0.25, -0.2) is 9.97 Å². The number of nitrogens with zero attached hydrogens (tertiary/aromatic N) is 4. The van der Waals surface area contributed by atoms with Gasteiger partial charge in [0.05, 0.1) is 10.6 Å². The highest BCUT2D eigenvalue weighted by molar-refractivity contribution is 7.12. The van der Waals surface area contributed by atoms with Crippen LogP contribution in [0.15, 0.2) is 23.8 Å². The van der Waals surface area contributed by atoms with E-state index in [1.807, 2.05) is 23.3 Å². The molecular weight excluding hydrogens is 310 g/mol. The van der Waals surface area contributed by atoms with Crippen LogP contribution in [0.4, 0.5) is 0 Å². The van der Waals surface area contributed by atoms with E-state index in [1.54, 1.807) is 12.4 Å². The van der Waals surface area contributed by atoms with Gasteiger partial charge in [0, 0.05) is 31.4 Å². The molecule has 3 aromatic heterocycles. The molecule has 3 aromatic rings. The van der Waals surface area contributed by atoms with Crippen LogP contribution in [0.2, 0.25) is 0 Å². The summed E-state index contributed by atoms with van der Waals surface area (Å²) in [6.07, 6.45) is 5.19. The summed E-state index contributed by atoms with van der Waals surface area (Å²) in [6, 6.07) is 2.00. The number of piperidine rings is 1. The van der Waals surface area contributed by atoms with Crippen molar-refractivity contribution in [1.82, 2.24) is 25.1 Å². The molecule has 23 heavy (non-hydrogen) atoms. The van der Waals surface area contributed by atoms with Crippen LogP contribution in [0.1, 0.15) is 39.7 Å². The first-order valence-corrected chi connectivity index (χ1v) is 8.60. The zero-order valence-corrected chi connectivity index (χ0v) is 13.6. The molecule has 0 saturated carbocycles. The maximum atomic E-state index is 12.6. The Hall–Kier alpha value is -2.28. The molecule has 7 heteroatoms. The van der Waals surface area contributed by atoms with Crippen LogP contribution in [0.3, 0.4) is 0 Å². The lowest BCUT2D eigenvalue weighted by Crippen LogP contribution is -2.37. The number of H-pyrrole nitrogens is 1. The van der Waals surface area contributed by atoms with Crippen LogP contribution in [0.5, 0.6) is 0 Å². The summed E-state index contributed by atoms with van der Waals surface area (Å²) in [5.74, 6) is 0.510. The van der Waals surface area contributed by atoms with Crippen LogP contribution in [-0.2, 0) is 0 Å². The van der Waals surface area contributed by atoms with Crippen molar-refractivity contribution in [2.24, 2.45) is 0 Å². The van der Waals surface area contributed by atoms with Crippen LogP contribution in [0, 0.1) is 6.92 Å². The van der Waals surface area contributed by atoms with Gasteiger partial charge in [0.15, 0.2) is 5.65 Å². The van der Waals surface area contributed by atoms with E-state index in [0.717, 1.165) is 47.6 Å². The first-order chi connectivity index (χ1) is 11.2. The predicted octanol–water partition coefficient (Wildman–Crippen LogP) is 2.74. The fourth-order valence-electron chi connectivity index (χ4n) is 3.16. The quantitative estimate of drug-likeness (QED) is 0.785. The Morgan fingerprint density at radius 3 is 2.83 bits per heavy atom. The number of carbonyl (C=O) groups excluding carboxylic acids is 1. The van der Waals surface area contributed by atoms with E-state index in [9.17, 15) is 4.79 Å². The van der Waals surface area contributed by atoms with Gasteiger partial charge < -0.3 is 4.90 Å². The maximum absolute atomic E-state index is 12.6. The van der Waals surface area contributed by atoms with E-state index in [4.69, 9.17) is 0 Å². The molecule has 0 aromatic carbocycles. The van der Waals surface area contributed by atoms with Crippen molar-refractivity contribution in [2.75, 3.05) is 13.1 Å². The minimum absolute atomic E-state index is 0.158. The molecule has 0 bridgehead atoms. The molecule has 0 radical (unpaired) electrons. The third-order valence-electron chi connectivity index (χ3n) is 4.46. The number of hydrogen-bond acceptors (Lipinski definition) is 5. The maximum Gasteiger partial charge on any atom is 0.264 e. The van der Waals surface area contributed by atoms with E-state index in [1.165, 1.54) is 11.3 Å². The lowest BCUT2D eigenvalue weighted by atomic mass is 9.93. The van der Waals surface area contributed by atoms with Crippen LogP contribution in [-0.4, -0.2) is 44.1 Å². The van der Waals surface area contributed by atoms with Gasteiger partial charge in [-0.3, -0.25) is 9.89 Å². The Morgan fingerprint density at radius 2 is 2.09 bits per heavy atom. The van der Waals surface area contributed by atoms with E-state index < -0.39 is 0 Å². The van der Waals surface area contributed by atoms with Crippen LogP contribution < -0.4 is 0 Å². The third kappa shape index (κ3) is 2.50. The number of carbonyl (C=O) groups is 1. The molecular formula is C16H17N5OS. The highest BCUT2D eigenvalue weighted by atomic mass is 32.1. The number of rotatable bonds is 2. The standard InChI is InChI=1S/C16H17N5OS/c1-10-4-9-23-14(10)16(22)21-7-2-11(3-8-21)12-13-15(20-19-12)18-6-5-17-13/h4-6,9,11H,2-3,7-8H2,1H3,(H,18,19,20). The number of nitrogens with one attached hydrogen (secondary N) is 1. The third-order valence-corrected chi connectivity index (χ3v) is 5.47. The average molecular weight is 327 g/mol. The number of aryl methyl sites for hydroxylation is 1. The Labute approximate surface area is 137 Å². The van der Waals surface area contributed by atoms with Gasteiger partial charge in [-0.15, -0.1) is 11.3 Å². The highest BCUT2D eigenvalue weighted by Crippen LogP contribution is 2.31. The van der Waals surface area contributed by atoms with Crippen molar-refractivity contribution >= 4 is 28.4 Å². The van der Waals surface area contributed by atoms with Gasteiger partial charge in [0.25, 0.3) is 5.91 Å². The molecule has 6 nitrogen and oxygen atoms in total. The number of fused-ring (bicyclic) bond motifs is 1. The van der Waals surface area contributed by atoms with Crippen molar-refractivity contribution in [2.45, 2.75) is 25.7 Å². The Morgan fingerprint density at radius 1 is 1.30 bits per heavy atom. The monoisotopic (exact) mass is 327 g/mol. The second kappa shape index (κ2) is 5.73. The summed E-state index contributed by atoms with van der Waals surface area (Å²) in [5.41, 5.74) is 3.63. The number of amides is 1. The normalized spacial score (nSPS) is 16.1. The molecule has 4 rings (SSSR count). The van der Waals surface area contributed by atoms with Gasteiger partial charge in [-0.05, 0) is 36.8 Å². The summed E-state index contributed by atoms with van der Waals surface area (Å²) in [7, 11) is 0. The van der Waals surface area contributed by atoms with E-state index in [0.29, 0.717) is 11.6 Å². The first-order valence-electron chi connectivity index (χ1n) is 7.72. The average Bonchev–Trinajstić information content (AvgIpc) is 3.20. The summed E-state index contributed by atoms with van der Waals surface area (Å²) >= 11 is 1.53. The smallest absolute Gasteiger partial charge is 0.264 e. The minimum Gasteiger partial charge on any atom is -0.338 e. The summed E-state index contributed by atoms with van der Waals surface area (Å²) in [6.45, 7) is 3.52. The molecule has 1 N–H and O–H groups in total. The fourth-order valence-corrected chi connectivity index (χ4v) is 4.05. The number of thiophene rings is 1. The molecule has 118 valence electrons. The Balaban J connectivity index is 1.49. The predicted molar refractivity (Wildman–Crippen MR) is 88.6 cm³/mol. The highest BCUT2D eigenvalue weighted by Gasteiger charge is 2.28. The van der Waals surface area contributed by atoms with Gasteiger partial charge >= 0.3 is 0 Å².